The fraction of sp³-hybridized carbons (Fsp3) is 0.933. The lowest BCUT2D eigenvalue weighted by Crippen LogP contribution is -2.47. The Morgan fingerprint density at radius 2 is 2.19 bits per heavy atom. The molecule has 2 unspecified atom stereocenters. The first-order valence-electron chi connectivity index (χ1n) is 7.71. The van der Waals surface area contributed by atoms with Crippen LogP contribution in [0.3, 0.4) is 0 Å². The van der Waals surface area contributed by atoms with E-state index < -0.39 is 10.8 Å². The Bertz CT molecular complexity index is 395. The van der Waals surface area contributed by atoms with Crippen molar-refractivity contribution in [2.75, 3.05) is 38.3 Å². The van der Waals surface area contributed by atoms with E-state index in [0.717, 1.165) is 25.9 Å². The summed E-state index contributed by atoms with van der Waals surface area (Å²) in [5.41, 5.74) is -0.0651. The second-order valence-corrected chi connectivity index (χ2v) is 8.09. The third-order valence-electron chi connectivity index (χ3n) is 4.44. The second kappa shape index (κ2) is 7.20. The Balaban J connectivity index is 1.78. The van der Waals surface area contributed by atoms with Gasteiger partial charge in [0.2, 0.25) is 0 Å². The molecule has 0 bridgehead atoms. The van der Waals surface area contributed by atoms with E-state index in [4.69, 9.17) is 9.47 Å². The van der Waals surface area contributed by atoms with Crippen molar-refractivity contribution in [2.45, 2.75) is 45.3 Å². The lowest BCUT2D eigenvalue weighted by molar-refractivity contribution is -0.141. The predicted molar refractivity (Wildman–Crippen MR) is 82.6 cm³/mol. The molecule has 0 aromatic heterocycles. The standard InChI is InChI=1S/C15H27NO4S/c1-12(2)16-6-7-20-13(9-16)10-21(18)11-15(4-5-15)8-14(17)19-3/h12-13H,4-11H2,1-3H3. The average molecular weight is 317 g/mol. The van der Waals surface area contributed by atoms with Crippen LogP contribution in [-0.2, 0) is 25.1 Å². The quantitative estimate of drug-likeness (QED) is 0.660. The molecule has 0 N–H and O–H groups in total. The van der Waals surface area contributed by atoms with Gasteiger partial charge in [0, 0.05) is 35.7 Å². The molecule has 0 aromatic rings. The van der Waals surface area contributed by atoms with E-state index in [-0.39, 0.29) is 17.5 Å². The van der Waals surface area contributed by atoms with Gasteiger partial charge in [0.15, 0.2) is 0 Å². The number of ether oxygens (including phenoxy) is 2. The highest BCUT2D eigenvalue weighted by molar-refractivity contribution is 7.85. The number of methoxy groups -OCH3 is 1. The Morgan fingerprint density at radius 1 is 1.48 bits per heavy atom. The molecule has 2 aliphatic rings. The maximum Gasteiger partial charge on any atom is 0.306 e. The van der Waals surface area contributed by atoms with E-state index >= 15 is 0 Å². The van der Waals surface area contributed by atoms with E-state index in [1.165, 1.54) is 7.11 Å². The first-order valence-corrected chi connectivity index (χ1v) is 9.20. The molecule has 0 spiro atoms. The number of carbonyl (C=O) groups excluding carboxylic acids is 1. The monoisotopic (exact) mass is 317 g/mol. The summed E-state index contributed by atoms with van der Waals surface area (Å²) < 4.78 is 22.8. The summed E-state index contributed by atoms with van der Waals surface area (Å²) >= 11 is 0. The van der Waals surface area contributed by atoms with Gasteiger partial charge in [0.25, 0.3) is 0 Å². The molecular weight excluding hydrogens is 290 g/mol. The van der Waals surface area contributed by atoms with Crippen LogP contribution in [0.15, 0.2) is 0 Å². The molecule has 1 saturated carbocycles. The fourth-order valence-electron chi connectivity index (χ4n) is 2.85. The van der Waals surface area contributed by atoms with E-state index in [2.05, 4.69) is 18.7 Å². The van der Waals surface area contributed by atoms with Crippen molar-refractivity contribution in [1.29, 1.82) is 0 Å². The normalized spacial score (nSPS) is 26.6. The molecule has 1 heterocycles. The molecule has 6 heteroatoms. The van der Waals surface area contributed by atoms with Gasteiger partial charge in [-0.25, -0.2) is 0 Å². The van der Waals surface area contributed by atoms with Crippen molar-refractivity contribution in [3.8, 4) is 0 Å². The summed E-state index contributed by atoms with van der Waals surface area (Å²) in [6, 6.07) is 0.499. The van der Waals surface area contributed by atoms with Crippen LogP contribution < -0.4 is 0 Å². The highest BCUT2D eigenvalue weighted by Gasteiger charge is 2.46. The minimum atomic E-state index is -0.931. The predicted octanol–water partition coefficient (Wildman–Crippen LogP) is 1.19. The van der Waals surface area contributed by atoms with Gasteiger partial charge in [-0.1, -0.05) is 0 Å². The van der Waals surface area contributed by atoms with Gasteiger partial charge in [0.1, 0.15) is 0 Å². The number of hydrogen-bond acceptors (Lipinski definition) is 5. The van der Waals surface area contributed by atoms with Crippen molar-refractivity contribution in [2.24, 2.45) is 5.41 Å². The second-order valence-electron chi connectivity index (χ2n) is 6.59. The zero-order valence-corrected chi connectivity index (χ0v) is 14.1. The molecule has 1 aliphatic heterocycles. The molecular formula is C15H27NO4S. The van der Waals surface area contributed by atoms with Crippen molar-refractivity contribution in [3.05, 3.63) is 0 Å². The molecule has 122 valence electrons. The van der Waals surface area contributed by atoms with Crippen LogP contribution >= 0.6 is 0 Å². The number of morpholine rings is 1. The lowest BCUT2D eigenvalue weighted by atomic mass is 10.1. The first kappa shape index (κ1) is 16.9. The van der Waals surface area contributed by atoms with Gasteiger partial charge in [0.05, 0.1) is 32.0 Å². The van der Waals surface area contributed by atoms with Crippen LogP contribution in [0.1, 0.15) is 33.1 Å². The summed E-state index contributed by atoms with van der Waals surface area (Å²) in [5, 5.41) is 0. The van der Waals surface area contributed by atoms with Crippen LogP contribution in [-0.4, -0.2) is 65.5 Å². The summed E-state index contributed by atoms with van der Waals surface area (Å²) in [6.07, 6.45) is 2.42. The summed E-state index contributed by atoms with van der Waals surface area (Å²) in [6.45, 7) is 6.87. The number of carbonyl (C=O) groups is 1. The Morgan fingerprint density at radius 3 is 2.76 bits per heavy atom. The number of esters is 1. The summed E-state index contributed by atoms with van der Waals surface area (Å²) in [5.74, 6) is 0.986. The molecule has 5 nitrogen and oxygen atoms in total. The Kier molecular flexibility index (Phi) is 5.80. The first-order chi connectivity index (χ1) is 9.94. The van der Waals surface area contributed by atoms with Crippen molar-refractivity contribution < 1.29 is 18.5 Å². The van der Waals surface area contributed by atoms with Gasteiger partial charge in [-0.05, 0) is 32.1 Å². The van der Waals surface area contributed by atoms with Gasteiger partial charge in [-0.2, -0.15) is 0 Å². The minimum Gasteiger partial charge on any atom is -0.469 e. The maximum atomic E-state index is 12.4. The maximum absolute atomic E-state index is 12.4. The largest absolute Gasteiger partial charge is 0.469 e. The molecule has 0 radical (unpaired) electrons. The van der Waals surface area contributed by atoms with Crippen molar-refractivity contribution in [3.63, 3.8) is 0 Å². The Hall–Kier alpha value is -0.460. The zero-order valence-electron chi connectivity index (χ0n) is 13.3. The van der Waals surface area contributed by atoms with E-state index in [1.54, 1.807) is 0 Å². The van der Waals surface area contributed by atoms with Crippen LogP contribution in [0.4, 0.5) is 0 Å². The smallest absolute Gasteiger partial charge is 0.306 e. The van der Waals surface area contributed by atoms with Crippen LogP contribution in [0, 0.1) is 5.41 Å². The van der Waals surface area contributed by atoms with Gasteiger partial charge in [-0.3, -0.25) is 13.9 Å². The lowest BCUT2D eigenvalue weighted by Gasteiger charge is -2.35. The van der Waals surface area contributed by atoms with Crippen molar-refractivity contribution in [1.82, 2.24) is 4.90 Å². The van der Waals surface area contributed by atoms with Crippen LogP contribution in [0.5, 0.6) is 0 Å². The summed E-state index contributed by atoms with van der Waals surface area (Å²) in [4.78, 5) is 13.8. The van der Waals surface area contributed by atoms with Gasteiger partial charge in [-0.15, -0.1) is 0 Å². The number of nitrogens with zero attached hydrogens (tertiary/aromatic N) is 1. The van der Waals surface area contributed by atoms with E-state index in [1.807, 2.05) is 0 Å². The molecule has 2 atom stereocenters. The number of hydrogen-bond donors (Lipinski definition) is 0. The Labute approximate surface area is 129 Å². The molecule has 1 saturated heterocycles. The third kappa shape index (κ3) is 5.04. The SMILES string of the molecule is COC(=O)CC1(CS(=O)CC2CN(C(C)C)CCO2)CC1. The molecule has 2 fully saturated rings. The molecule has 1 aliphatic carbocycles. The van der Waals surface area contributed by atoms with Crippen LogP contribution in [0.2, 0.25) is 0 Å². The zero-order chi connectivity index (χ0) is 15.5. The van der Waals surface area contributed by atoms with E-state index in [0.29, 0.717) is 30.6 Å². The highest BCUT2D eigenvalue weighted by atomic mass is 32.2. The van der Waals surface area contributed by atoms with Crippen molar-refractivity contribution >= 4 is 16.8 Å². The van der Waals surface area contributed by atoms with Gasteiger partial charge < -0.3 is 9.47 Å². The summed E-state index contributed by atoms with van der Waals surface area (Å²) in [7, 11) is 0.478. The molecule has 2 rings (SSSR count). The number of rotatable bonds is 7. The highest BCUT2D eigenvalue weighted by Crippen LogP contribution is 2.49. The minimum absolute atomic E-state index is 0.0518. The fourth-order valence-corrected chi connectivity index (χ4v) is 4.65. The molecule has 0 aromatic carbocycles. The van der Waals surface area contributed by atoms with Crippen LogP contribution in [0.25, 0.3) is 0 Å². The average Bonchev–Trinajstić information content (AvgIpc) is 3.17. The topological polar surface area (TPSA) is 55.8 Å². The third-order valence-corrected chi connectivity index (χ3v) is 6.12. The van der Waals surface area contributed by atoms with E-state index in [9.17, 15) is 9.00 Å². The van der Waals surface area contributed by atoms with Gasteiger partial charge >= 0.3 is 5.97 Å². The molecule has 21 heavy (non-hydrogen) atoms. The molecule has 0 amide bonds.